The van der Waals surface area contributed by atoms with Crippen LogP contribution in [0.25, 0.3) is 22.5 Å². The summed E-state index contributed by atoms with van der Waals surface area (Å²) in [4.78, 5) is 8.82. The predicted octanol–water partition coefficient (Wildman–Crippen LogP) is 8.40. The first-order chi connectivity index (χ1) is 17.2. The van der Waals surface area contributed by atoms with Gasteiger partial charge < -0.3 is 9.47 Å². The minimum absolute atomic E-state index is 0.119. The Morgan fingerprint density at radius 2 is 1.43 bits per heavy atom. The summed E-state index contributed by atoms with van der Waals surface area (Å²) in [6.45, 7) is 5.19. The van der Waals surface area contributed by atoms with E-state index in [2.05, 4.69) is 48.1 Å². The van der Waals surface area contributed by atoms with Crippen LogP contribution in [-0.2, 0) is 11.2 Å². The van der Waals surface area contributed by atoms with Crippen molar-refractivity contribution in [2.45, 2.75) is 78.1 Å². The summed E-state index contributed by atoms with van der Waals surface area (Å²) in [5, 5.41) is 0. The summed E-state index contributed by atoms with van der Waals surface area (Å²) in [5.41, 5.74) is 3.68. The fraction of sp³-hybridized carbons (Fsp3) is 0.467. The van der Waals surface area contributed by atoms with E-state index in [4.69, 9.17) is 9.47 Å². The van der Waals surface area contributed by atoms with Crippen LogP contribution in [0.3, 0.4) is 0 Å². The largest absolute Gasteiger partial charge is 0.467 e. The average molecular weight is 479 g/mol. The number of hydrogen-bond acceptors (Lipinski definition) is 4. The van der Waals surface area contributed by atoms with Gasteiger partial charge in [-0.05, 0) is 42.5 Å². The molecular weight excluding hydrogens is 439 g/mol. The zero-order chi connectivity index (χ0) is 24.7. The molecule has 0 saturated carbocycles. The van der Waals surface area contributed by atoms with Crippen molar-refractivity contribution in [1.82, 2.24) is 9.97 Å². The molecule has 188 valence electrons. The van der Waals surface area contributed by atoms with Crippen LogP contribution in [0.15, 0.2) is 54.9 Å². The van der Waals surface area contributed by atoms with E-state index in [1.165, 1.54) is 56.6 Å². The Kier molecular flexibility index (Phi) is 11.7. The molecule has 1 aromatic heterocycles. The second kappa shape index (κ2) is 15.3. The van der Waals surface area contributed by atoms with Crippen molar-refractivity contribution < 1.29 is 13.9 Å². The summed E-state index contributed by atoms with van der Waals surface area (Å²) in [5.74, 6) is 0.372. The maximum absolute atomic E-state index is 14.7. The number of benzene rings is 2. The van der Waals surface area contributed by atoms with Crippen LogP contribution in [0.1, 0.15) is 77.2 Å². The molecule has 1 heterocycles. The lowest BCUT2D eigenvalue weighted by atomic mass is 10.0. The summed E-state index contributed by atoms with van der Waals surface area (Å²) >= 11 is 0. The number of aromatic nitrogens is 2. The third kappa shape index (κ3) is 9.06. The SMILES string of the molecule is CCCCCCCc1ccc(-c2cnc(-c3ccc(OCOCCCCCC)cc3F)nc2)cc1. The van der Waals surface area contributed by atoms with Crippen LogP contribution < -0.4 is 4.74 Å². The van der Waals surface area contributed by atoms with Crippen LogP contribution >= 0.6 is 0 Å². The minimum atomic E-state index is -0.415. The molecule has 0 aliphatic carbocycles. The van der Waals surface area contributed by atoms with Crippen molar-refractivity contribution >= 4 is 0 Å². The van der Waals surface area contributed by atoms with E-state index < -0.39 is 5.82 Å². The molecule has 0 atom stereocenters. The van der Waals surface area contributed by atoms with E-state index in [9.17, 15) is 4.39 Å². The van der Waals surface area contributed by atoms with Gasteiger partial charge in [0.25, 0.3) is 0 Å². The monoisotopic (exact) mass is 478 g/mol. The fourth-order valence-electron chi connectivity index (χ4n) is 3.98. The molecule has 4 nitrogen and oxygen atoms in total. The van der Waals surface area contributed by atoms with Crippen molar-refractivity contribution in [3.63, 3.8) is 0 Å². The van der Waals surface area contributed by atoms with Gasteiger partial charge in [0.1, 0.15) is 11.6 Å². The van der Waals surface area contributed by atoms with Gasteiger partial charge in [-0.1, -0.05) is 83.1 Å². The number of aryl methyl sites for hydroxylation is 1. The Balaban J connectivity index is 1.51. The molecule has 3 aromatic rings. The van der Waals surface area contributed by atoms with Crippen molar-refractivity contribution in [2.75, 3.05) is 13.4 Å². The average Bonchev–Trinajstić information content (AvgIpc) is 2.89. The number of halogens is 1. The molecule has 0 N–H and O–H groups in total. The summed E-state index contributed by atoms with van der Waals surface area (Å²) in [6.07, 6.45) is 15.6. The van der Waals surface area contributed by atoms with Gasteiger partial charge >= 0.3 is 0 Å². The molecule has 0 fully saturated rings. The quantitative estimate of drug-likeness (QED) is 0.153. The van der Waals surface area contributed by atoms with Crippen LogP contribution in [0, 0.1) is 5.82 Å². The van der Waals surface area contributed by atoms with Crippen LogP contribution in [0.2, 0.25) is 0 Å². The van der Waals surface area contributed by atoms with Crippen LogP contribution in [-0.4, -0.2) is 23.4 Å². The molecule has 5 heteroatoms. The van der Waals surface area contributed by atoms with Gasteiger partial charge in [-0.25, -0.2) is 14.4 Å². The molecule has 0 spiro atoms. The summed E-state index contributed by atoms with van der Waals surface area (Å²) in [7, 11) is 0. The molecule has 35 heavy (non-hydrogen) atoms. The normalized spacial score (nSPS) is 11.1. The lowest BCUT2D eigenvalue weighted by molar-refractivity contribution is 0.0134. The summed E-state index contributed by atoms with van der Waals surface area (Å²) in [6, 6.07) is 13.3. The molecule has 0 amide bonds. The first-order valence-electron chi connectivity index (χ1n) is 13.1. The standard InChI is InChI=1S/C30H39FN2O2/c1-3-5-7-9-10-12-24-13-15-25(16-14-24)26-21-32-30(33-22-26)28-18-17-27(20-29(28)31)35-23-34-19-11-8-6-4-2/h13-18,20-22H,3-12,19,23H2,1-2H3. The number of ether oxygens (including phenoxy) is 2. The smallest absolute Gasteiger partial charge is 0.189 e. The second-order valence-corrected chi connectivity index (χ2v) is 9.03. The Morgan fingerprint density at radius 1 is 0.743 bits per heavy atom. The Hall–Kier alpha value is -2.79. The van der Waals surface area contributed by atoms with Crippen molar-refractivity contribution in [3.8, 4) is 28.3 Å². The zero-order valence-corrected chi connectivity index (χ0v) is 21.3. The highest BCUT2D eigenvalue weighted by atomic mass is 19.1. The topological polar surface area (TPSA) is 44.2 Å². The molecule has 0 bridgehead atoms. The second-order valence-electron chi connectivity index (χ2n) is 9.03. The number of hydrogen-bond donors (Lipinski definition) is 0. The fourth-order valence-corrected chi connectivity index (χ4v) is 3.98. The molecule has 0 radical (unpaired) electrons. The molecule has 0 unspecified atom stereocenters. The maximum atomic E-state index is 14.7. The molecular formula is C30H39FN2O2. The highest BCUT2D eigenvalue weighted by molar-refractivity contribution is 5.64. The van der Waals surface area contributed by atoms with Crippen LogP contribution in [0.4, 0.5) is 4.39 Å². The maximum Gasteiger partial charge on any atom is 0.189 e. The van der Waals surface area contributed by atoms with Gasteiger partial charge in [0.15, 0.2) is 12.6 Å². The van der Waals surface area contributed by atoms with E-state index in [1.54, 1.807) is 24.5 Å². The van der Waals surface area contributed by atoms with Crippen molar-refractivity contribution in [2.24, 2.45) is 0 Å². The van der Waals surface area contributed by atoms with Crippen molar-refractivity contribution in [3.05, 3.63) is 66.2 Å². The van der Waals surface area contributed by atoms with E-state index in [-0.39, 0.29) is 6.79 Å². The van der Waals surface area contributed by atoms with Gasteiger partial charge in [0.05, 0.1) is 12.2 Å². The van der Waals surface area contributed by atoms with Crippen molar-refractivity contribution in [1.29, 1.82) is 0 Å². The van der Waals surface area contributed by atoms with E-state index in [1.807, 2.05) is 0 Å². The third-order valence-electron chi connectivity index (χ3n) is 6.14. The third-order valence-corrected chi connectivity index (χ3v) is 6.14. The van der Waals surface area contributed by atoms with E-state index >= 15 is 0 Å². The molecule has 0 aliphatic heterocycles. The van der Waals surface area contributed by atoms with Crippen LogP contribution in [0.5, 0.6) is 5.75 Å². The zero-order valence-electron chi connectivity index (χ0n) is 21.3. The lowest BCUT2D eigenvalue weighted by Crippen LogP contribution is -2.04. The number of nitrogens with zero attached hydrogens (tertiary/aromatic N) is 2. The molecule has 3 rings (SSSR count). The van der Waals surface area contributed by atoms with Gasteiger partial charge in [-0.15, -0.1) is 0 Å². The lowest BCUT2D eigenvalue weighted by Gasteiger charge is -2.09. The highest BCUT2D eigenvalue weighted by Crippen LogP contribution is 2.26. The first-order valence-corrected chi connectivity index (χ1v) is 13.1. The Bertz CT molecular complexity index is 990. The predicted molar refractivity (Wildman–Crippen MR) is 141 cm³/mol. The summed E-state index contributed by atoms with van der Waals surface area (Å²) < 4.78 is 25.7. The molecule has 2 aromatic carbocycles. The Labute approximate surface area is 209 Å². The first kappa shape index (κ1) is 26.8. The van der Waals surface area contributed by atoms with Gasteiger partial charge in [0.2, 0.25) is 0 Å². The highest BCUT2D eigenvalue weighted by Gasteiger charge is 2.10. The number of rotatable bonds is 16. The molecule has 0 aliphatic rings. The van der Waals surface area contributed by atoms with Gasteiger partial charge in [-0.3, -0.25) is 0 Å². The number of unbranched alkanes of at least 4 members (excludes halogenated alkanes) is 7. The minimum Gasteiger partial charge on any atom is -0.467 e. The van der Waals surface area contributed by atoms with Gasteiger partial charge in [0, 0.05) is 24.0 Å². The Morgan fingerprint density at radius 3 is 2.11 bits per heavy atom. The van der Waals surface area contributed by atoms with E-state index in [0.717, 1.165) is 30.4 Å². The van der Waals surface area contributed by atoms with E-state index in [0.29, 0.717) is 23.7 Å². The molecule has 0 saturated heterocycles. The van der Waals surface area contributed by atoms with Gasteiger partial charge in [-0.2, -0.15) is 0 Å².